The summed E-state index contributed by atoms with van der Waals surface area (Å²) in [6, 6.07) is 7.94. The third-order valence-corrected chi connectivity index (χ3v) is 3.11. The fourth-order valence-corrected chi connectivity index (χ4v) is 2.22. The van der Waals surface area contributed by atoms with Gasteiger partial charge in [0.05, 0.1) is 5.69 Å². The molecule has 1 heterocycles. The highest BCUT2D eigenvalue weighted by Gasteiger charge is 2.13. The number of aromatic amines is 1. The second-order valence-corrected chi connectivity index (χ2v) is 4.67. The van der Waals surface area contributed by atoms with Crippen molar-refractivity contribution in [3.8, 4) is 0 Å². The Kier molecular flexibility index (Phi) is 4.44. The van der Waals surface area contributed by atoms with Gasteiger partial charge in [0.25, 0.3) is 0 Å². The zero-order chi connectivity index (χ0) is 13.7. The van der Waals surface area contributed by atoms with E-state index in [0.717, 1.165) is 42.5 Å². The van der Waals surface area contributed by atoms with E-state index in [9.17, 15) is 4.79 Å². The summed E-state index contributed by atoms with van der Waals surface area (Å²) < 4.78 is 0. The Hall–Kier alpha value is -1.97. The van der Waals surface area contributed by atoms with Crippen LogP contribution in [-0.4, -0.2) is 29.0 Å². The molecule has 1 aromatic carbocycles. The normalized spacial score (nSPS) is 10.6. The summed E-state index contributed by atoms with van der Waals surface area (Å²) in [5, 5.41) is 4.04. The van der Waals surface area contributed by atoms with Crippen LogP contribution in [-0.2, 0) is 0 Å². The van der Waals surface area contributed by atoms with Crippen molar-refractivity contribution < 1.29 is 4.79 Å². The largest absolute Gasteiger partial charge is 0.359 e. The van der Waals surface area contributed by atoms with E-state index in [1.54, 1.807) is 0 Å². The number of amides is 2. The van der Waals surface area contributed by atoms with E-state index in [0.29, 0.717) is 0 Å². The highest BCUT2D eigenvalue weighted by Crippen LogP contribution is 2.22. The molecule has 4 nitrogen and oxygen atoms in total. The molecule has 2 aromatic rings. The number of urea groups is 1. The first kappa shape index (κ1) is 13.5. The summed E-state index contributed by atoms with van der Waals surface area (Å²) in [6.45, 7) is 5.76. The molecule has 0 unspecified atom stereocenters. The zero-order valence-corrected chi connectivity index (χ0v) is 11.6. The number of nitrogens with one attached hydrogen (secondary N) is 2. The molecule has 0 saturated heterocycles. The maximum absolute atomic E-state index is 12.2. The predicted molar refractivity (Wildman–Crippen MR) is 79.5 cm³/mol. The number of hydrogen-bond acceptors (Lipinski definition) is 1. The molecule has 0 aliphatic rings. The molecule has 0 atom stereocenters. The molecule has 102 valence electrons. The van der Waals surface area contributed by atoms with E-state index in [1.807, 2.05) is 35.4 Å². The van der Waals surface area contributed by atoms with E-state index in [2.05, 4.69) is 24.1 Å². The predicted octanol–water partition coefficient (Wildman–Crippen LogP) is 3.82. The number of anilines is 1. The summed E-state index contributed by atoms with van der Waals surface area (Å²) in [5.41, 5.74) is 1.88. The van der Waals surface area contributed by atoms with Gasteiger partial charge in [-0.1, -0.05) is 32.0 Å². The van der Waals surface area contributed by atoms with Crippen LogP contribution in [0.1, 0.15) is 26.7 Å². The topological polar surface area (TPSA) is 48.1 Å². The molecule has 2 rings (SSSR count). The Morgan fingerprint density at radius 1 is 1.21 bits per heavy atom. The number of aromatic nitrogens is 1. The first-order valence-corrected chi connectivity index (χ1v) is 6.88. The smallest absolute Gasteiger partial charge is 0.321 e. The quantitative estimate of drug-likeness (QED) is 0.842. The van der Waals surface area contributed by atoms with Gasteiger partial charge in [-0.05, 0) is 18.9 Å². The molecule has 19 heavy (non-hydrogen) atoms. The average Bonchev–Trinajstić information content (AvgIpc) is 2.82. The second kappa shape index (κ2) is 6.27. The van der Waals surface area contributed by atoms with Gasteiger partial charge >= 0.3 is 6.03 Å². The summed E-state index contributed by atoms with van der Waals surface area (Å²) >= 11 is 0. The van der Waals surface area contributed by atoms with Gasteiger partial charge in [-0.2, -0.15) is 0 Å². The van der Waals surface area contributed by atoms with Gasteiger partial charge in [-0.15, -0.1) is 0 Å². The molecule has 4 heteroatoms. The van der Waals surface area contributed by atoms with Gasteiger partial charge in [-0.25, -0.2) is 4.79 Å². The van der Waals surface area contributed by atoms with Crippen molar-refractivity contribution >= 4 is 22.6 Å². The van der Waals surface area contributed by atoms with Gasteiger partial charge in [-0.3, -0.25) is 0 Å². The van der Waals surface area contributed by atoms with E-state index in [-0.39, 0.29) is 6.03 Å². The highest BCUT2D eigenvalue weighted by atomic mass is 16.2. The Labute approximate surface area is 113 Å². The molecule has 1 aromatic heterocycles. The zero-order valence-electron chi connectivity index (χ0n) is 11.6. The number of H-pyrrole nitrogens is 1. The van der Waals surface area contributed by atoms with Gasteiger partial charge < -0.3 is 15.2 Å². The minimum atomic E-state index is -0.0200. The van der Waals surface area contributed by atoms with Crippen LogP contribution in [0.3, 0.4) is 0 Å². The molecule has 0 fully saturated rings. The van der Waals surface area contributed by atoms with Crippen molar-refractivity contribution in [1.29, 1.82) is 0 Å². The molecule has 0 radical (unpaired) electrons. The van der Waals surface area contributed by atoms with Crippen molar-refractivity contribution in [3.05, 3.63) is 30.5 Å². The first-order chi connectivity index (χ1) is 9.26. The number of rotatable bonds is 5. The Morgan fingerprint density at radius 3 is 2.58 bits per heavy atom. The number of hydrogen-bond donors (Lipinski definition) is 2. The maximum atomic E-state index is 12.2. The first-order valence-electron chi connectivity index (χ1n) is 6.88. The van der Waals surface area contributed by atoms with E-state index in [4.69, 9.17) is 0 Å². The number of carbonyl (C=O) groups is 1. The lowest BCUT2D eigenvalue weighted by Gasteiger charge is -2.21. The van der Waals surface area contributed by atoms with Crippen molar-refractivity contribution in [2.45, 2.75) is 26.7 Å². The fraction of sp³-hybridized carbons (Fsp3) is 0.400. The minimum absolute atomic E-state index is 0.0200. The van der Waals surface area contributed by atoms with Crippen LogP contribution in [0.25, 0.3) is 10.9 Å². The van der Waals surface area contributed by atoms with E-state index < -0.39 is 0 Å². The third kappa shape index (κ3) is 3.08. The maximum Gasteiger partial charge on any atom is 0.321 e. The molecule has 0 aliphatic heterocycles. The van der Waals surface area contributed by atoms with Gasteiger partial charge in [0, 0.05) is 30.2 Å². The lowest BCUT2D eigenvalue weighted by atomic mass is 10.2. The van der Waals surface area contributed by atoms with Crippen LogP contribution in [0.5, 0.6) is 0 Å². The van der Waals surface area contributed by atoms with Crippen LogP contribution < -0.4 is 5.32 Å². The summed E-state index contributed by atoms with van der Waals surface area (Å²) in [4.78, 5) is 17.3. The van der Waals surface area contributed by atoms with Crippen LogP contribution in [0.2, 0.25) is 0 Å². The SMILES string of the molecule is CCCN(CCC)C(=O)Nc1c[nH]c2ccccc12. The van der Waals surface area contributed by atoms with Crippen molar-refractivity contribution in [2.24, 2.45) is 0 Å². The molecular weight excluding hydrogens is 238 g/mol. The van der Waals surface area contributed by atoms with Gasteiger partial charge in [0.1, 0.15) is 0 Å². The third-order valence-electron chi connectivity index (χ3n) is 3.11. The van der Waals surface area contributed by atoms with Crippen LogP contribution in [0, 0.1) is 0 Å². The van der Waals surface area contributed by atoms with Gasteiger partial charge in [0.15, 0.2) is 0 Å². The van der Waals surface area contributed by atoms with Crippen LogP contribution in [0.15, 0.2) is 30.5 Å². The van der Waals surface area contributed by atoms with E-state index >= 15 is 0 Å². The average molecular weight is 259 g/mol. The lowest BCUT2D eigenvalue weighted by molar-refractivity contribution is 0.211. The minimum Gasteiger partial charge on any atom is -0.359 e. The number of para-hydroxylation sites is 1. The highest BCUT2D eigenvalue weighted by molar-refractivity contribution is 6.00. The van der Waals surface area contributed by atoms with E-state index in [1.165, 1.54) is 0 Å². The fourth-order valence-electron chi connectivity index (χ4n) is 2.22. The summed E-state index contributed by atoms with van der Waals surface area (Å²) in [7, 11) is 0. The van der Waals surface area contributed by atoms with Crippen molar-refractivity contribution in [3.63, 3.8) is 0 Å². The second-order valence-electron chi connectivity index (χ2n) is 4.67. The Bertz CT molecular complexity index is 541. The molecule has 2 N–H and O–H groups in total. The molecule has 0 spiro atoms. The van der Waals surface area contributed by atoms with Gasteiger partial charge in [0.2, 0.25) is 0 Å². The summed E-state index contributed by atoms with van der Waals surface area (Å²) in [6.07, 6.45) is 3.79. The lowest BCUT2D eigenvalue weighted by Crippen LogP contribution is -2.36. The van der Waals surface area contributed by atoms with Crippen molar-refractivity contribution in [2.75, 3.05) is 18.4 Å². The Morgan fingerprint density at radius 2 is 1.89 bits per heavy atom. The monoisotopic (exact) mass is 259 g/mol. The number of benzene rings is 1. The molecule has 0 saturated carbocycles. The van der Waals surface area contributed by atoms with Crippen LogP contribution >= 0.6 is 0 Å². The molecule has 0 bridgehead atoms. The number of fused-ring (bicyclic) bond motifs is 1. The number of carbonyl (C=O) groups excluding carboxylic acids is 1. The summed E-state index contributed by atoms with van der Waals surface area (Å²) in [5.74, 6) is 0. The molecule has 2 amide bonds. The van der Waals surface area contributed by atoms with Crippen LogP contribution in [0.4, 0.5) is 10.5 Å². The Balaban J connectivity index is 2.13. The van der Waals surface area contributed by atoms with Crippen molar-refractivity contribution in [1.82, 2.24) is 9.88 Å². The standard InChI is InChI=1S/C15H21N3O/c1-3-9-18(10-4-2)15(19)17-14-11-16-13-8-6-5-7-12(13)14/h5-8,11,16H,3-4,9-10H2,1-2H3,(H,17,19). The number of nitrogens with zero attached hydrogens (tertiary/aromatic N) is 1. The molecular formula is C15H21N3O. The molecule has 0 aliphatic carbocycles.